The molecule has 1 fully saturated rings. The van der Waals surface area contributed by atoms with E-state index in [4.69, 9.17) is 9.47 Å². The molecule has 2 heterocycles. The molecule has 5 nitrogen and oxygen atoms in total. The molecule has 3 rings (SSSR count). The Kier molecular flexibility index (Phi) is 7.22. The topological polar surface area (TPSA) is 51.7 Å². The Balaban J connectivity index is 1.37. The van der Waals surface area contributed by atoms with Gasteiger partial charge in [0.2, 0.25) is 0 Å². The van der Waals surface area contributed by atoms with Gasteiger partial charge in [0.05, 0.1) is 12.5 Å². The van der Waals surface area contributed by atoms with Crippen molar-refractivity contribution in [2.75, 3.05) is 32.8 Å². The number of aromatic nitrogens is 1. The minimum atomic E-state index is -0.0419. The van der Waals surface area contributed by atoms with Crippen LogP contribution in [0.3, 0.4) is 0 Å². The van der Waals surface area contributed by atoms with E-state index < -0.39 is 0 Å². The molecule has 5 heteroatoms. The molecule has 0 bridgehead atoms. The number of carbonyl (C=O) groups is 1. The quantitative estimate of drug-likeness (QED) is 0.669. The number of likely N-dealkylation sites (tertiary alicyclic amines) is 1. The maximum Gasteiger partial charge on any atom is 0.309 e. The summed E-state index contributed by atoms with van der Waals surface area (Å²) in [6.07, 6.45) is 6.32. The first-order chi connectivity index (χ1) is 13.2. The number of esters is 1. The van der Waals surface area contributed by atoms with Crippen LogP contribution in [0.2, 0.25) is 0 Å². The Morgan fingerprint density at radius 2 is 1.93 bits per heavy atom. The molecule has 0 unspecified atom stereocenters. The van der Waals surface area contributed by atoms with Crippen molar-refractivity contribution < 1.29 is 14.3 Å². The van der Waals surface area contributed by atoms with Gasteiger partial charge in [-0.1, -0.05) is 18.2 Å². The summed E-state index contributed by atoms with van der Waals surface area (Å²) < 4.78 is 11.0. The van der Waals surface area contributed by atoms with Crippen LogP contribution in [-0.2, 0) is 16.0 Å². The highest BCUT2D eigenvalue weighted by Crippen LogP contribution is 2.19. The van der Waals surface area contributed by atoms with Gasteiger partial charge in [0.15, 0.2) is 0 Å². The van der Waals surface area contributed by atoms with Gasteiger partial charge in [0.1, 0.15) is 12.4 Å². The fourth-order valence-corrected chi connectivity index (χ4v) is 3.39. The van der Waals surface area contributed by atoms with E-state index in [1.807, 2.05) is 31.3 Å². The van der Waals surface area contributed by atoms with Gasteiger partial charge in [0.25, 0.3) is 0 Å². The molecule has 0 N–H and O–H groups in total. The minimum Gasteiger partial charge on any atom is -0.492 e. The lowest BCUT2D eigenvalue weighted by Gasteiger charge is -2.30. The number of piperidine rings is 1. The predicted octanol–water partition coefficient (Wildman–Crippen LogP) is 3.33. The molecule has 0 atom stereocenters. The van der Waals surface area contributed by atoms with Crippen molar-refractivity contribution in [1.29, 1.82) is 0 Å². The van der Waals surface area contributed by atoms with Gasteiger partial charge >= 0.3 is 5.97 Å². The Hall–Kier alpha value is -2.40. The third-order valence-corrected chi connectivity index (χ3v) is 4.94. The molecule has 0 saturated carbocycles. The van der Waals surface area contributed by atoms with E-state index in [-0.39, 0.29) is 11.9 Å². The van der Waals surface area contributed by atoms with Crippen LogP contribution in [0.15, 0.2) is 48.8 Å². The van der Waals surface area contributed by atoms with E-state index in [1.165, 1.54) is 11.1 Å². The smallest absolute Gasteiger partial charge is 0.309 e. The van der Waals surface area contributed by atoms with Gasteiger partial charge in [-0.2, -0.15) is 0 Å². The number of ether oxygens (including phenoxy) is 2. The van der Waals surface area contributed by atoms with Crippen LogP contribution in [0.1, 0.15) is 30.9 Å². The van der Waals surface area contributed by atoms with Gasteiger partial charge in [0, 0.05) is 18.9 Å². The van der Waals surface area contributed by atoms with Crippen LogP contribution in [0.25, 0.3) is 0 Å². The summed E-state index contributed by atoms with van der Waals surface area (Å²) in [6.45, 7) is 5.72. The molecule has 2 aromatic rings. The Labute approximate surface area is 161 Å². The zero-order valence-corrected chi connectivity index (χ0v) is 16.0. The number of carbonyl (C=O) groups excluding carboxylic acids is 1. The van der Waals surface area contributed by atoms with E-state index in [0.717, 1.165) is 44.6 Å². The van der Waals surface area contributed by atoms with Crippen LogP contribution in [-0.4, -0.2) is 48.7 Å². The monoisotopic (exact) mass is 368 g/mol. The zero-order valence-electron chi connectivity index (χ0n) is 16.0. The Morgan fingerprint density at radius 3 is 2.59 bits per heavy atom. The van der Waals surface area contributed by atoms with E-state index in [1.54, 1.807) is 6.20 Å². The molecule has 1 saturated heterocycles. The molecule has 1 aliphatic heterocycles. The summed E-state index contributed by atoms with van der Waals surface area (Å²) >= 11 is 0. The first-order valence-electron chi connectivity index (χ1n) is 9.74. The van der Waals surface area contributed by atoms with Crippen LogP contribution < -0.4 is 4.74 Å². The number of hydrogen-bond acceptors (Lipinski definition) is 5. The minimum absolute atomic E-state index is 0.0419. The summed E-state index contributed by atoms with van der Waals surface area (Å²) in [4.78, 5) is 18.3. The van der Waals surface area contributed by atoms with Crippen LogP contribution in [0.5, 0.6) is 5.75 Å². The summed E-state index contributed by atoms with van der Waals surface area (Å²) in [5.41, 5.74) is 2.45. The fourth-order valence-electron chi connectivity index (χ4n) is 3.39. The maximum absolute atomic E-state index is 11.8. The van der Waals surface area contributed by atoms with E-state index >= 15 is 0 Å². The first kappa shape index (κ1) is 19.4. The largest absolute Gasteiger partial charge is 0.492 e. The van der Waals surface area contributed by atoms with Gasteiger partial charge in [-0.05, 0) is 68.6 Å². The van der Waals surface area contributed by atoms with E-state index in [0.29, 0.717) is 13.2 Å². The predicted molar refractivity (Wildman–Crippen MR) is 105 cm³/mol. The standard InChI is InChI=1S/C22H28N2O3/c1-2-26-22(25)20-9-12-24(13-10-20)14-15-27-21-7-5-18(6-8-21)16-19-4-3-11-23-17-19/h3-8,11,17,20H,2,9-10,12-16H2,1H3. The maximum atomic E-state index is 11.8. The molecular formula is C22H28N2O3. The van der Waals surface area contributed by atoms with Crippen molar-refractivity contribution in [3.05, 3.63) is 59.9 Å². The highest BCUT2D eigenvalue weighted by Gasteiger charge is 2.25. The third-order valence-electron chi connectivity index (χ3n) is 4.94. The Morgan fingerprint density at radius 1 is 1.15 bits per heavy atom. The normalized spacial score (nSPS) is 15.4. The molecule has 0 amide bonds. The number of hydrogen-bond donors (Lipinski definition) is 0. The van der Waals surface area contributed by atoms with E-state index in [2.05, 4.69) is 28.1 Å². The molecular weight excluding hydrogens is 340 g/mol. The SMILES string of the molecule is CCOC(=O)C1CCN(CCOc2ccc(Cc3cccnc3)cc2)CC1. The van der Waals surface area contributed by atoms with Crippen LogP contribution >= 0.6 is 0 Å². The lowest BCUT2D eigenvalue weighted by atomic mass is 9.97. The second-order valence-electron chi connectivity index (χ2n) is 6.90. The lowest BCUT2D eigenvalue weighted by Crippen LogP contribution is -2.39. The number of benzene rings is 1. The Bertz CT molecular complexity index is 695. The second kappa shape index (κ2) is 10.1. The number of rotatable bonds is 8. The molecule has 0 aliphatic carbocycles. The summed E-state index contributed by atoms with van der Waals surface area (Å²) in [5.74, 6) is 0.917. The average Bonchev–Trinajstić information content (AvgIpc) is 2.71. The molecule has 0 spiro atoms. The third kappa shape index (κ3) is 6.07. The van der Waals surface area contributed by atoms with E-state index in [9.17, 15) is 4.79 Å². The first-order valence-corrected chi connectivity index (χ1v) is 9.74. The molecule has 27 heavy (non-hydrogen) atoms. The van der Waals surface area contributed by atoms with Crippen molar-refractivity contribution >= 4 is 5.97 Å². The summed E-state index contributed by atoms with van der Waals surface area (Å²) in [7, 11) is 0. The fraction of sp³-hybridized carbons (Fsp3) is 0.455. The highest BCUT2D eigenvalue weighted by atomic mass is 16.5. The van der Waals surface area contributed by atoms with Gasteiger partial charge in [-0.25, -0.2) is 0 Å². The van der Waals surface area contributed by atoms with Crippen molar-refractivity contribution in [2.45, 2.75) is 26.2 Å². The number of pyridine rings is 1. The zero-order chi connectivity index (χ0) is 18.9. The summed E-state index contributed by atoms with van der Waals surface area (Å²) in [6, 6.07) is 12.3. The molecule has 144 valence electrons. The van der Waals surface area contributed by atoms with Crippen molar-refractivity contribution in [3.8, 4) is 5.75 Å². The number of nitrogens with zero attached hydrogens (tertiary/aromatic N) is 2. The van der Waals surface area contributed by atoms with Gasteiger partial charge in [-0.3, -0.25) is 14.7 Å². The highest BCUT2D eigenvalue weighted by molar-refractivity contribution is 5.72. The van der Waals surface area contributed by atoms with Crippen LogP contribution in [0, 0.1) is 5.92 Å². The van der Waals surface area contributed by atoms with Crippen molar-refractivity contribution in [3.63, 3.8) is 0 Å². The lowest BCUT2D eigenvalue weighted by molar-refractivity contribution is -0.149. The van der Waals surface area contributed by atoms with Crippen molar-refractivity contribution in [2.24, 2.45) is 5.92 Å². The van der Waals surface area contributed by atoms with Crippen LogP contribution in [0.4, 0.5) is 0 Å². The second-order valence-corrected chi connectivity index (χ2v) is 6.90. The molecule has 1 aromatic heterocycles. The van der Waals surface area contributed by atoms with Gasteiger partial charge < -0.3 is 9.47 Å². The van der Waals surface area contributed by atoms with Crippen molar-refractivity contribution in [1.82, 2.24) is 9.88 Å². The molecule has 1 aliphatic rings. The van der Waals surface area contributed by atoms with Gasteiger partial charge in [-0.15, -0.1) is 0 Å². The average molecular weight is 368 g/mol. The molecule has 1 aromatic carbocycles. The molecule has 0 radical (unpaired) electrons. The summed E-state index contributed by atoms with van der Waals surface area (Å²) in [5, 5.41) is 0.